The van der Waals surface area contributed by atoms with E-state index in [9.17, 15) is 22.8 Å². The van der Waals surface area contributed by atoms with Gasteiger partial charge in [-0.05, 0) is 43.5 Å². The Morgan fingerprint density at radius 3 is 2.47 bits per heavy atom. The second-order valence-corrected chi connectivity index (χ2v) is 7.39. The van der Waals surface area contributed by atoms with E-state index in [1.165, 1.54) is 19.2 Å². The number of amides is 1. The summed E-state index contributed by atoms with van der Waals surface area (Å²) in [5, 5.41) is 6.97. The van der Waals surface area contributed by atoms with Gasteiger partial charge in [0, 0.05) is 23.4 Å². The number of alkyl halides is 2. The molecule has 1 aromatic heterocycles. The molecule has 178 valence electrons. The molecule has 3 aromatic rings. The van der Waals surface area contributed by atoms with Crippen LogP contribution in [0.3, 0.4) is 0 Å². The van der Waals surface area contributed by atoms with Crippen molar-refractivity contribution < 1.29 is 37.0 Å². The van der Waals surface area contributed by atoms with Crippen LogP contribution in [0.25, 0.3) is 5.69 Å². The van der Waals surface area contributed by atoms with E-state index in [-0.39, 0.29) is 28.4 Å². The van der Waals surface area contributed by atoms with Crippen LogP contribution in [0, 0.1) is 5.82 Å². The summed E-state index contributed by atoms with van der Waals surface area (Å²) in [6, 6.07) is 7.89. The Morgan fingerprint density at radius 1 is 1.09 bits per heavy atom. The minimum atomic E-state index is -3.16. The summed E-state index contributed by atoms with van der Waals surface area (Å²) < 4.78 is 54.9. The highest BCUT2D eigenvalue weighted by atomic mass is 19.3. The van der Waals surface area contributed by atoms with Gasteiger partial charge in [0.2, 0.25) is 0 Å². The zero-order chi connectivity index (χ0) is 24.4. The van der Waals surface area contributed by atoms with Crippen LogP contribution in [0.5, 0.6) is 11.5 Å². The lowest BCUT2D eigenvalue weighted by molar-refractivity contribution is -0.0511. The van der Waals surface area contributed by atoms with Crippen molar-refractivity contribution in [2.24, 2.45) is 0 Å². The number of nitrogens with one attached hydrogen (secondary N) is 1. The number of carbonyl (C=O) groups excluding carboxylic acids is 2. The Balaban J connectivity index is 1.73. The monoisotopic (exact) mass is 475 g/mol. The number of carbonyl (C=O) groups is 2. The number of nitrogens with zero attached hydrogens (tertiary/aromatic N) is 2. The molecule has 11 heteroatoms. The van der Waals surface area contributed by atoms with E-state index >= 15 is 0 Å². The van der Waals surface area contributed by atoms with Gasteiger partial charge in [0.05, 0.1) is 31.2 Å². The summed E-state index contributed by atoms with van der Waals surface area (Å²) in [6.45, 7) is -3.16. The fraction of sp³-hybridized carbons (Fsp3) is 0.261. The van der Waals surface area contributed by atoms with Gasteiger partial charge in [-0.15, -0.1) is 0 Å². The molecule has 0 radical (unpaired) electrons. The van der Waals surface area contributed by atoms with Gasteiger partial charge < -0.3 is 19.5 Å². The van der Waals surface area contributed by atoms with Crippen molar-refractivity contribution in [2.45, 2.75) is 25.9 Å². The lowest BCUT2D eigenvalue weighted by atomic mass is 10.1. The highest BCUT2D eigenvalue weighted by Gasteiger charge is 2.28. The van der Waals surface area contributed by atoms with E-state index in [4.69, 9.17) is 9.47 Å². The van der Waals surface area contributed by atoms with Crippen molar-refractivity contribution in [3.8, 4) is 17.2 Å². The molecule has 8 nitrogen and oxygen atoms in total. The van der Waals surface area contributed by atoms with Crippen LogP contribution < -0.4 is 14.8 Å². The van der Waals surface area contributed by atoms with E-state index in [1.54, 1.807) is 16.8 Å². The van der Waals surface area contributed by atoms with Crippen molar-refractivity contribution in [1.29, 1.82) is 0 Å². The SMILES string of the molecule is COC(=O)c1cc(OC)c(OC(F)F)cc1NC(=O)c1nn(-c2ccc(F)cc2)c2c1CCC2. The number of methoxy groups -OCH3 is 2. The van der Waals surface area contributed by atoms with Gasteiger partial charge in [-0.3, -0.25) is 4.79 Å². The number of esters is 1. The lowest BCUT2D eigenvalue weighted by Gasteiger charge is -2.15. The van der Waals surface area contributed by atoms with Crippen LogP contribution in [-0.4, -0.2) is 42.5 Å². The highest BCUT2D eigenvalue weighted by molar-refractivity contribution is 6.08. The molecule has 0 spiro atoms. The lowest BCUT2D eigenvalue weighted by Crippen LogP contribution is -2.18. The van der Waals surface area contributed by atoms with Crippen LogP contribution in [-0.2, 0) is 17.6 Å². The second-order valence-electron chi connectivity index (χ2n) is 7.39. The second kappa shape index (κ2) is 9.46. The number of hydrogen-bond donors (Lipinski definition) is 1. The summed E-state index contributed by atoms with van der Waals surface area (Å²) in [7, 11) is 2.36. The van der Waals surface area contributed by atoms with Gasteiger partial charge >= 0.3 is 12.6 Å². The van der Waals surface area contributed by atoms with Crippen molar-refractivity contribution in [3.63, 3.8) is 0 Å². The van der Waals surface area contributed by atoms with Crippen LogP contribution in [0.4, 0.5) is 18.9 Å². The molecule has 1 aliphatic carbocycles. The molecule has 1 aliphatic rings. The minimum Gasteiger partial charge on any atom is -0.493 e. The number of halogens is 3. The third kappa shape index (κ3) is 4.41. The van der Waals surface area contributed by atoms with E-state index in [0.717, 1.165) is 36.9 Å². The largest absolute Gasteiger partial charge is 0.493 e. The number of rotatable bonds is 7. The molecule has 1 N–H and O–H groups in total. The maximum absolute atomic E-state index is 13.4. The molecular formula is C23H20F3N3O5. The Labute approximate surface area is 192 Å². The number of hydrogen-bond acceptors (Lipinski definition) is 6. The quantitative estimate of drug-likeness (QED) is 0.517. The summed E-state index contributed by atoms with van der Waals surface area (Å²) in [4.78, 5) is 25.5. The molecule has 0 saturated heterocycles. The predicted octanol–water partition coefficient (Wildman–Crippen LogP) is 4.15. The topological polar surface area (TPSA) is 91.7 Å². The smallest absolute Gasteiger partial charge is 0.387 e. The Hall–Kier alpha value is -4.02. The van der Waals surface area contributed by atoms with Gasteiger partial charge in [0.1, 0.15) is 5.82 Å². The standard InChI is InChI=1S/C23H20F3N3O5/c1-32-18-10-15(22(31)33-2)16(11-19(18)34-23(25)26)27-21(30)20-14-4-3-5-17(14)29(28-20)13-8-6-12(24)7-9-13/h6-11,23H,3-5H2,1-2H3,(H,27,30). The first-order valence-corrected chi connectivity index (χ1v) is 10.3. The Bertz CT molecular complexity index is 1240. The molecule has 0 aliphatic heterocycles. The van der Waals surface area contributed by atoms with E-state index in [2.05, 4.69) is 15.2 Å². The summed E-state index contributed by atoms with van der Waals surface area (Å²) in [5.41, 5.74) is 2.01. The normalized spacial score (nSPS) is 12.4. The molecule has 1 amide bonds. The zero-order valence-corrected chi connectivity index (χ0v) is 18.2. The van der Waals surface area contributed by atoms with Crippen molar-refractivity contribution >= 4 is 17.6 Å². The fourth-order valence-electron chi connectivity index (χ4n) is 3.89. The average Bonchev–Trinajstić information content (AvgIpc) is 3.42. The first kappa shape index (κ1) is 23.1. The maximum Gasteiger partial charge on any atom is 0.387 e. The van der Waals surface area contributed by atoms with Crippen molar-refractivity contribution in [3.05, 3.63) is 64.7 Å². The van der Waals surface area contributed by atoms with Gasteiger partial charge in [-0.25, -0.2) is 13.9 Å². The van der Waals surface area contributed by atoms with E-state index in [1.807, 2.05) is 0 Å². The number of benzene rings is 2. The van der Waals surface area contributed by atoms with Crippen LogP contribution >= 0.6 is 0 Å². The van der Waals surface area contributed by atoms with Crippen LogP contribution in [0.1, 0.15) is 38.5 Å². The molecule has 1 heterocycles. The fourth-order valence-corrected chi connectivity index (χ4v) is 3.89. The molecule has 34 heavy (non-hydrogen) atoms. The first-order valence-electron chi connectivity index (χ1n) is 10.3. The minimum absolute atomic E-state index is 0.111. The molecule has 4 rings (SSSR count). The summed E-state index contributed by atoms with van der Waals surface area (Å²) in [5.74, 6) is -2.39. The number of anilines is 1. The third-order valence-electron chi connectivity index (χ3n) is 5.39. The van der Waals surface area contributed by atoms with Gasteiger partial charge in [-0.1, -0.05) is 0 Å². The number of aromatic nitrogens is 2. The first-order chi connectivity index (χ1) is 16.3. The van der Waals surface area contributed by atoms with Crippen LogP contribution in [0.2, 0.25) is 0 Å². The van der Waals surface area contributed by atoms with E-state index in [0.29, 0.717) is 18.5 Å². The molecule has 0 saturated carbocycles. The Morgan fingerprint density at radius 2 is 1.82 bits per heavy atom. The summed E-state index contributed by atoms with van der Waals surface area (Å²) >= 11 is 0. The van der Waals surface area contributed by atoms with Crippen molar-refractivity contribution in [1.82, 2.24) is 9.78 Å². The predicted molar refractivity (Wildman–Crippen MR) is 114 cm³/mol. The molecule has 0 unspecified atom stereocenters. The molecule has 2 aromatic carbocycles. The molecular weight excluding hydrogens is 455 g/mol. The zero-order valence-electron chi connectivity index (χ0n) is 18.2. The maximum atomic E-state index is 13.4. The van der Waals surface area contributed by atoms with Gasteiger partial charge in [-0.2, -0.15) is 13.9 Å². The number of ether oxygens (including phenoxy) is 3. The van der Waals surface area contributed by atoms with Crippen molar-refractivity contribution in [2.75, 3.05) is 19.5 Å². The summed E-state index contributed by atoms with van der Waals surface area (Å²) in [6.07, 6.45) is 2.08. The van der Waals surface area contributed by atoms with Crippen LogP contribution in [0.15, 0.2) is 36.4 Å². The van der Waals surface area contributed by atoms with Gasteiger partial charge in [0.25, 0.3) is 5.91 Å². The number of fused-ring (bicyclic) bond motifs is 1. The average molecular weight is 475 g/mol. The third-order valence-corrected chi connectivity index (χ3v) is 5.39. The highest BCUT2D eigenvalue weighted by Crippen LogP contribution is 2.36. The molecule has 0 atom stereocenters. The van der Waals surface area contributed by atoms with Gasteiger partial charge in [0.15, 0.2) is 17.2 Å². The van der Waals surface area contributed by atoms with E-state index < -0.39 is 24.3 Å². The molecule has 0 fully saturated rings. The molecule has 0 bridgehead atoms. The Kier molecular flexibility index (Phi) is 6.44.